The van der Waals surface area contributed by atoms with E-state index in [-0.39, 0.29) is 30.2 Å². The molecule has 1 aliphatic heterocycles. The number of nitrogens with one attached hydrogen (secondary N) is 2. The number of anilines is 1. The molecule has 0 bridgehead atoms. The molecule has 1 aliphatic rings. The number of hydrogen-bond donors (Lipinski definition) is 2. The second-order valence-corrected chi connectivity index (χ2v) is 8.10. The van der Waals surface area contributed by atoms with Gasteiger partial charge < -0.3 is 20.1 Å². The topological polar surface area (TPSA) is 76.7 Å². The summed E-state index contributed by atoms with van der Waals surface area (Å²) in [5, 5.41) is 5.62. The lowest BCUT2D eigenvalue weighted by Crippen LogP contribution is -2.22. The first kappa shape index (κ1) is 21.7. The van der Waals surface area contributed by atoms with Crippen molar-refractivity contribution in [3.05, 3.63) is 89.2 Å². The van der Waals surface area contributed by atoms with Crippen molar-refractivity contribution in [3.8, 4) is 11.5 Å². The summed E-state index contributed by atoms with van der Waals surface area (Å²) in [5.41, 5.74) is 3.06. The number of benzene rings is 3. The highest BCUT2D eigenvalue weighted by molar-refractivity contribution is 7.99. The van der Waals surface area contributed by atoms with Crippen LogP contribution in [0.25, 0.3) is 0 Å². The van der Waals surface area contributed by atoms with E-state index in [4.69, 9.17) is 9.47 Å². The van der Waals surface area contributed by atoms with Gasteiger partial charge in [-0.25, -0.2) is 4.39 Å². The van der Waals surface area contributed by atoms with Gasteiger partial charge in [-0.3, -0.25) is 9.59 Å². The van der Waals surface area contributed by atoms with Crippen LogP contribution in [0.1, 0.15) is 21.5 Å². The fourth-order valence-corrected chi connectivity index (χ4v) is 3.87. The summed E-state index contributed by atoms with van der Waals surface area (Å²) in [4.78, 5) is 24.4. The van der Waals surface area contributed by atoms with Crippen molar-refractivity contribution in [2.24, 2.45) is 0 Å². The number of hydrogen-bond acceptors (Lipinski definition) is 5. The van der Waals surface area contributed by atoms with Crippen LogP contribution < -0.4 is 20.1 Å². The predicted molar refractivity (Wildman–Crippen MR) is 121 cm³/mol. The van der Waals surface area contributed by atoms with Crippen molar-refractivity contribution in [2.45, 2.75) is 12.3 Å². The number of ether oxygens (including phenoxy) is 2. The van der Waals surface area contributed by atoms with Crippen molar-refractivity contribution < 1.29 is 23.5 Å². The van der Waals surface area contributed by atoms with Crippen LogP contribution in [0.2, 0.25) is 0 Å². The molecule has 0 spiro atoms. The first-order chi connectivity index (χ1) is 15.6. The molecule has 8 heteroatoms. The number of halogens is 1. The van der Waals surface area contributed by atoms with Gasteiger partial charge in [-0.2, -0.15) is 0 Å². The molecule has 164 valence electrons. The fourth-order valence-electron chi connectivity index (χ4n) is 3.08. The summed E-state index contributed by atoms with van der Waals surface area (Å²) in [6.45, 7) is 0.602. The zero-order valence-corrected chi connectivity index (χ0v) is 17.9. The molecule has 0 fully saturated rings. The second kappa shape index (κ2) is 10.2. The highest BCUT2D eigenvalue weighted by Crippen LogP contribution is 2.32. The average molecular weight is 453 g/mol. The molecule has 2 amide bonds. The first-order valence-corrected chi connectivity index (χ1v) is 11.1. The van der Waals surface area contributed by atoms with Crippen LogP contribution in [0.4, 0.5) is 10.1 Å². The molecule has 4 rings (SSSR count). The first-order valence-electron chi connectivity index (χ1n) is 9.96. The van der Waals surface area contributed by atoms with E-state index >= 15 is 0 Å². The number of rotatable bonds is 8. The predicted octanol–water partition coefficient (Wildman–Crippen LogP) is 4.36. The van der Waals surface area contributed by atoms with E-state index in [2.05, 4.69) is 10.6 Å². The molecule has 0 unspecified atom stereocenters. The average Bonchev–Trinajstić information content (AvgIpc) is 3.27. The molecule has 0 saturated heterocycles. The number of thioether (sulfide) groups is 1. The molecule has 1 heterocycles. The van der Waals surface area contributed by atoms with Crippen LogP contribution >= 0.6 is 11.8 Å². The van der Waals surface area contributed by atoms with Gasteiger partial charge in [0, 0.05) is 23.5 Å². The number of carbonyl (C=O) groups excluding carboxylic acids is 2. The van der Waals surface area contributed by atoms with Gasteiger partial charge >= 0.3 is 0 Å². The highest BCUT2D eigenvalue weighted by atomic mass is 32.2. The minimum atomic E-state index is -0.345. The van der Waals surface area contributed by atoms with Gasteiger partial charge in [-0.05, 0) is 59.7 Å². The SMILES string of the molecule is O=C(CSCc1ccc(C(=O)NCc2ccc3c(c2)OCO3)cc1)Nc1ccc(F)cc1. The summed E-state index contributed by atoms with van der Waals surface area (Å²) in [6.07, 6.45) is 0. The Hall–Kier alpha value is -3.52. The van der Waals surface area contributed by atoms with E-state index in [1.165, 1.54) is 36.0 Å². The Morgan fingerprint density at radius 3 is 2.41 bits per heavy atom. The Balaban J connectivity index is 1.20. The Morgan fingerprint density at radius 2 is 1.62 bits per heavy atom. The summed E-state index contributed by atoms with van der Waals surface area (Å²) < 4.78 is 23.5. The Bertz CT molecular complexity index is 1100. The zero-order valence-electron chi connectivity index (χ0n) is 17.1. The van der Waals surface area contributed by atoms with E-state index in [0.29, 0.717) is 35.0 Å². The summed E-state index contributed by atoms with van der Waals surface area (Å²) >= 11 is 1.46. The lowest BCUT2D eigenvalue weighted by atomic mass is 10.1. The number of fused-ring (bicyclic) bond motifs is 1. The van der Waals surface area contributed by atoms with Gasteiger partial charge in [0.05, 0.1) is 5.75 Å². The van der Waals surface area contributed by atoms with E-state index in [1.807, 2.05) is 30.3 Å². The van der Waals surface area contributed by atoms with Crippen LogP contribution in [-0.4, -0.2) is 24.4 Å². The quantitative estimate of drug-likeness (QED) is 0.531. The molecule has 0 aromatic heterocycles. The largest absolute Gasteiger partial charge is 0.454 e. The van der Waals surface area contributed by atoms with Gasteiger partial charge in [0.1, 0.15) is 5.82 Å². The third kappa shape index (κ3) is 5.79. The lowest BCUT2D eigenvalue weighted by molar-refractivity contribution is -0.113. The Morgan fingerprint density at radius 1 is 0.906 bits per heavy atom. The molecular formula is C24H21FN2O4S. The van der Waals surface area contributed by atoms with E-state index < -0.39 is 0 Å². The van der Waals surface area contributed by atoms with Gasteiger partial charge in [-0.15, -0.1) is 11.8 Å². The normalized spacial score (nSPS) is 11.8. The molecule has 3 aromatic carbocycles. The molecule has 2 N–H and O–H groups in total. The molecule has 0 aliphatic carbocycles. The summed E-state index contributed by atoms with van der Waals surface area (Å²) in [5.74, 6) is 1.64. The van der Waals surface area contributed by atoms with E-state index in [9.17, 15) is 14.0 Å². The molecule has 0 atom stereocenters. The fraction of sp³-hybridized carbons (Fsp3) is 0.167. The van der Waals surface area contributed by atoms with Gasteiger partial charge in [0.15, 0.2) is 11.5 Å². The second-order valence-electron chi connectivity index (χ2n) is 7.12. The van der Waals surface area contributed by atoms with E-state index in [0.717, 1.165) is 11.1 Å². The minimum Gasteiger partial charge on any atom is -0.454 e. The lowest BCUT2D eigenvalue weighted by Gasteiger charge is -2.08. The Kier molecular flexibility index (Phi) is 6.91. The number of amides is 2. The standard InChI is InChI=1S/C24H21FN2O4S/c25-19-6-8-20(9-7-19)27-23(28)14-32-13-16-1-4-18(5-2-16)24(29)26-12-17-3-10-21-22(11-17)31-15-30-21/h1-11H,12-15H2,(H,26,29)(H,27,28). The van der Waals surface area contributed by atoms with Crippen molar-refractivity contribution in [3.63, 3.8) is 0 Å². The molecule has 3 aromatic rings. The zero-order chi connectivity index (χ0) is 22.3. The van der Waals surface area contributed by atoms with Crippen LogP contribution in [0.3, 0.4) is 0 Å². The van der Waals surface area contributed by atoms with Crippen molar-refractivity contribution >= 4 is 29.3 Å². The van der Waals surface area contributed by atoms with Crippen LogP contribution in [-0.2, 0) is 17.1 Å². The van der Waals surface area contributed by atoms with Crippen LogP contribution in [0.5, 0.6) is 11.5 Å². The van der Waals surface area contributed by atoms with Gasteiger partial charge in [0.2, 0.25) is 12.7 Å². The maximum atomic E-state index is 12.9. The third-order valence-electron chi connectivity index (χ3n) is 4.74. The van der Waals surface area contributed by atoms with E-state index in [1.54, 1.807) is 12.1 Å². The number of carbonyl (C=O) groups is 2. The van der Waals surface area contributed by atoms with Crippen molar-refractivity contribution in [2.75, 3.05) is 17.9 Å². The minimum absolute atomic E-state index is 0.152. The molecule has 6 nitrogen and oxygen atoms in total. The molecule has 0 radical (unpaired) electrons. The molecule has 32 heavy (non-hydrogen) atoms. The maximum absolute atomic E-state index is 12.9. The van der Waals surface area contributed by atoms with Crippen molar-refractivity contribution in [1.82, 2.24) is 5.32 Å². The highest BCUT2D eigenvalue weighted by Gasteiger charge is 2.13. The Labute approximate surface area is 189 Å². The monoisotopic (exact) mass is 452 g/mol. The molecular weight excluding hydrogens is 431 g/mol. The van der Waals surface area contributed by atoms with Gasteiger partial charge in [0.25, 0.3) is 5.91 Å². The van der Waals surface area contributed by atoms with Gasteiger partial charge in [-0.1, -0.05) is 18.2 Å². The summed E-state index contributed by atoms with van der Waals surface area (Å²) in [6, 6.07) is 18.5. The smallest absolute Gasteiger partial charge is 0.251 e. The molecule has 0 saturated carbocycles. The van der Waals surface area contributed by atoms with Crippen LogP contribution in [0, 0.1) is 5.82 Å². The summed E-state index contributed by atoms with van der Waals surface area (Å²) in [7, 11) is 0. The van der Waals surface area contributed by atoms with Crippen molar-refractivity contribution in [1.29, 1.82) is 0 Å². The third-order valence-corrected chi connectivity index (χ3v) is 5.74. The maximum Gasteiger partial charge on any atom is 0.251 e. The van der Waals surface area contributed by atoms with Crippen LogP contribution in [0.15, 0.2) is 66.7 Å².